The van der Waals surface area contributed by atoms with E-state index in [1.807, 2.05) is 0 Å². The van der Waals surface area contributed by atoms with Gasteiger partial charge in [0.2, 0.25) is 0 Å². The number of pyridine rings is 1. The predicted molar refractivity (Wildman–Crippen MR) is 73.9 cm³/mol. The SMILES string of the molecule is NC1(c2noc(-c3c[nH]ccc3=O)n2)CCCCCC1. The average Bonchev–Trinajstić information content (AvgIpc) is 2.84. The van der Waals surface area contributed by atoms with E-state index in [2.05, 4.69) is 15.1 Å². The van der Waals surface area contributed by atoms with E-state index in [-0.39, 0.29) is 11.3 Å². The highest BCUT2D eigenvalue weighted by Crippen LogP contribution is 2.32. The lowest BCUT2D eigenvalue weighted by Gasteiger charge is -2.23. The van der Waals surface area contributed by atoms with Crippen molar-refractivity contribution in [3.8, 4) is 11.5 Å². The second-order valence-electron chi connectivity index (χ2n) is 5.42. The molecule has 1 fully saturated rings. The number of rotatable bonds is 2. The summed E-state index contributed by atoms with van der Waals surface area (Å²) in [6.45, 7) is 0. The molecular weight excluding hydrogens is 256 g/mol. The van der Waals surface area contributed by atoms with E-state index < -0.39 is 5.54 Å². The van der Waals surface area contributed by atoms with Crippen molar-refractivity contribution in [3.63, 3.8) is 0 Å². The fourth-order valence-electron chi connectivity index (χ4n) is 2.70. The second-order valence-corrected chi connectivity index (χ2v) is 5.42. The summed E-state index contributed by atoms with van der Waals surface area (Å²) in [7, 11) is 0. The van der Waals surface area contributed by atoms with Gasteiger partial charge >= 0.3 is 0 Å². The van der Waals surface area contributed by atoms with Gasteiger partial charge in [0, 0.05) is 18.5 Å². The largest absolute Gasteiger partial charge is 0.367 e. The van der Waals surface area contributed by atoms with E-state index in [0.29, 0.717) is 11.4 Å². The minimum absolute atomic E-state index is 0.147. The number of nitrogens with zero attached hydrogens (tertiary/aromatic N) is 2. The molecule has 0 unspecified atom stereocenters. The fraction of sp³-hybridized carbons (Fsp3) is 0.500. The van der Waals surface area contributed by atoms with Crippen molar-refractivity contribution in [2.24, 2.45) is 5.73 Å². The third kappa shape index (κ3) is 2.38. The predicted octanol–water partition coefficient (Wildman–Crippen LogP) is 1.93. The zero-order valence-corrected chi connectivity index (χ0v) is 11.3. The van der Waals surface area contributed by atoms with Crippen LogP contribution >= 0.6 is 0 Å². The van der Waals surface area contributed by atoms with Crippen LogP contribution in [-0.2, 0) is 5.54 Å². The van der Waals surface area contributed by atoms with Crippen molar-refractivity contribution in [1.82, 2.24) is 15.1 Å². The average molecular weight is 274 g/mol. The number of hydrogen-bond acceptors (Lipinski definition) is 5. The van der Waals surface area contributed by atoms with Gasteiger partial charge in [-0.15, -0.1) is 0 Å². The lowest BCUT2D eigenvalue weighted by Crippen LogP contribution is -2.37. The molecule has 0 spiro atoms. The molecule has 3 rings (SSSR count). The van der Waals surface area contributed by atoms with Crippen molar-refractivity contribution in [2.45, 2.75) is 44.1 Å². The van der Waals surface area contributed by atoms with Crippen molar-refractivity contribution in [3.05, 3.63) is 34.5 Å². The van der Waals surface area contributed by atoms with Crippen molar-refractivity contribution >= 4 is 0 Å². The summed E-state index contributed by atoms with van der Waals surface area (Å²) in [6, 6.07) is 1.43. The van der Waals surface area contributed by atoms with Gasteiger partial charge in [-0.05, 0) is 12.8 Å². The monoisotopic (exact) mass is 274 g/mol. The Morgan fingerprint density at radius 2 is 2.00 bits per heavy atom. The Labute approximate surface area is 116 Å². The van der Waals surface area contributed by atoms with Crippen LogP contribution in [0.15, 0.2) is 27.8 Å². The van der Waals surface area contributed by atoms with Crippen LogP contribution in [0.1, 0.15) is 44.3 Å². The molecular formula is C14H18N4O2. The van der Waals surface area contributed by atoms with Crippen LogP contribution in [-0.4, -0.2) is 15.1 Å². The maximum Gasteiger partial charge on any atom is 0.263 e. The number of aromatic nitrogens is 3. The molecule has 0 aliphatic heterocycles. The van der Waals surface area contributed by atoms with Gasteiger partial charge < -0.3 is 15.2 Å². The Morgan fingerprint density at radius 3 is 2.70 bits per heavy atom. The fourth-order valence-corrected chi connectivity index (χ4v) is 2.70. The van der Waals surface area contributed by atoms with Gasteiger partial charge in [0.25, 0.3) is 5.89 Å². The Balaban J connectivity index is 1.94. The summed E-state index contributed by atoms with van der Waals surface area (Å²) in [6.07, 6.45) is 9.39. The third-order valence-corrected chi connectivity index (χ3v) is 3.92. The molecule has 0 radical (unpaired) electrons. The first-order valence-electron chi connectivity index (χ1n) is 7.00. The molecule has 0 atom stereocenters. The maximum atomic E-state index is 11.8. The van der Waals surface area contributed by atoms with E-state index in [1.54, 1.807) is 12.4 Å². The Hall–Kier alpha value is -1.95. The zero-order chi connectivity index (χ0) is 14.0. The molecule has 2 aromatic rings. The normalized spacial score (nSPS) is 18.6. The van der Waals surface area contributed by atoms with Crippen LogP contribution in [0, 0.1) is 0 Å². The molecule has 1 saturated carbocycles. The van der Waals surface area contributed by atoms with Gasteiger partial charge in [-0.25, -0.2) is 0 Å². The molecule has 0 bridgehead atoms. The molecule has 1 aliphatic rings. The summed E-state index contributed by atoms with van der Waals surface area (Å²) < 4.78 is 5.23. The van der Waals surface area contributed by atoms with E-state index in [0.717, 1.165) is 25.7 Å². The van der Waals surface area contributed by atoms with Gasteiger partial charge in [-0.1, -0.05) is 30.8 Å². The van der Waals surface area contributed by atoms with Crippen molar-refractivity contribution < 1.29 is 4.52 Å². The number of nitrogens with two attached hydrogens (primary N) is 1. The molecule has 1 aliphatic carbocycles. The molecule has 2 aromatic heterocycles. The first kappa shape index (κ1) is 13.1. The minimum Gasteiger partial charge on any atom is -0.367 e. The topological polar surface area (TPSA) is 97.8 Å². The first-order chi connectivity index (χ1) is 9.69. The van der Waals surface area contributed by atoms with E-state index in [4.69, 9.17) is 10.3 Å². The third-order valence-electron chi connectivity index (χ3n) is 3.92. The number of H-pyrrole nitrogens is 1. The zero-order valence-electron chi connectivity index (χ0n) is 11.3. The van der Waals surface area contributed by atoms with Gasteiger partial charge in [-0.3, -0.25) is 4.79 Å². The van der Waals surface area contributed by atoms with Crippen LogP contribution < -0.4 is 11.2 Å². The van der Waals surface area contributed by atoms with Gasteiger partial charge in [-0.2, -0.15) is 4.98 Å². The molecule has 3 N–H and O–H groups in total. The number of nitrogens with one attached hydrogen (secondary N) is 1. The highest BCUT2D eigenvalue weighted by atomic mass is 16.5. The summed E-state index contributed by atoms with van der Waals surface area (Å²) >= 11 is 0. The molecule has 2 heterocycles. The van der Waals surface area contributed by atoms with Crippen LogP contribution in [0.5, 0.6) is 0 Å². The van der Waals surface area contributed by atoms with Crippen LogP contribution in [0.2, 0.25) is 0 Å². The van der Waals surface area contributed by atoms with Crippen molar-refractivity contribution in [2.75, 3.05) is 0 Å². The molecule has 20 heavy (non-hydrogen) atoms. The quantitative estimate of drug-likeness (QED) is 0.815. The molecule has 0 amide bonds. The van der Waals surface area contributed by atoms with Gasteiger partial charge in [0.1, 0.15) is 5.56 Å². The van der Waals surface area contributed by atoms with Crippen LogP contribution in [0.25, 0.3) is 11.5 Å². The molecule has 6 nitrogen and oxygen atoms in total. The van der Waals surface area contributed by atoms with Crippen molar-refractivity contribution in [1.29, 1.82) is 0 Å². The smallest absolute Gasteiger partial charge is 0.263 e. The summed E-state index contributed by atoms with van der Waals surface area (Å²) in [5, 5.41) is 4.01. The van der Waals surface area contributed by atoms with Gasteiger partial charge in [0.15, 0.2) is 11.3 Å². The van der Waals surface area contributed by atoms with Gasteiger partial charge in [0.05, 0.1) is 5.54 Å². The Bertz CT molecular complexity index is 638. The number of aromatic amines is 1. The number of hydrogen-bond donors (Lipinski definition) is 2. The van der Waals surface area contributed by atoms with E-state index in [1.165, 1.54) is 18.9 Å². The first-order valence-corrected chi connectivity index (χ1v) is 7.00. The standard InChI is InChI=1S/C14H18N4O2/c15-14(6-3-1-2-4-7-14)13-17-12(20-18-13)10-9-16-8-5-11(10)19/h5,8-9H,1-4,6-7,15H2,(H,16,19). The Morgan fingerprint density at radius 1 is 1.25 bits per heavy atom. The van der Waals surface area contributed by atoms with E-state index >= 15 is 0 Å². The van der Waals surface area contributed by atoms with Crippen LogP contribution in [0.4, 0.5) is 0 Å². The highest BCUT2D eigenvalue weighted by Gasteiger charge is 2.33. The maximum absolute atomic E-state index is 11.8. The summed E-state index contributed by atoms with van der Waals surface area (Å²) in [5.74, 6) is 0.744. The Kier molecular flexibility index (Phi) is 3.40. The lowest BCUT2D eigenvalue weighted by molar-refractivity contribution is 0.334. The summed E-state index contributed by atoms with van der Waals surface area (Å²) in [5.41, 5.74) is 6.14. The lowest BCUT2D eigenvalue weighted by atomic mass is 9.91. The second kappa shape index (κ2) is 5.20. The van der Waals surface area contributed by atoms with Crippen LogP contribution in [0.3, 0.4) is 0 Å². The molecule has 0 aromatic carbocycles. The van der Waals surface area contributed by atoms with E-state index in [9.17, 15) is 4.79 Å². The highest BCUT2D eigenvalue weighted by molar-refractivity contribution is 5.50. The summed E-state index contributed by atoms with van der Waals surface area (Å²) in [4.78, 5) is 19.0. The minimum atomic E-state index is -0.528. The molecule has 0 saturated heterocycles. The molecule has 6 heteroatoms. The molecule has 106 valence electrons.